The van der Waals surface area contributed by atoms with Crippen LogP contribution < -0.4 is 22.0 Å². The molecule has 0 atom stereocenters. The summed E-state index contributed by atoms with van der Waals surface area (Å²) in [6, 6.07) is 13.6. The van der Waals surface area contributed by atoms with Gasteiger partial charge in [0.15, 0.2) is 17.2 Å². The number of primary amides is 1. The lowest BCUT2D eigenvalue weighted by Crippen LogP contribution is -2.37. The van der Waals surface area contributed by atoms with Crippen molar-refractivity contribution in [3.63, 3.8) is 0 Å². The Morgan fingerprint density at radius 3 is 2.32 bits per heavy atom. The Hall–Kier alpha value is -5.37. The number of nitrogens with two attached hydrogens (primary N) is 1. The predicted octanol–water partition coefficient (Wildman–Crippen LogP) is 3.41. The fraction of sp³-hybridized carbons (Fsp3) is 0.0385. The minimum atomic E-state index is -4.85. The van der Waals surface area contributed by atoms with E-state index < -0.39 is 57.1 Å². The Morgan fingerprint density at radius 2 is 1.66 bits per heavy atom. The molecule has 4 aromatic rings. The molecule has 0 bridgehead atoms. The summed E-state index contributed by atoms with van der Waals surface area (Å²) >= 11 is 5.57. The largest absolute Gasteiger partial charge is 0.417 e. The molecule has 15 heteroatoms. The third-order valence-corrected chi connectivity index (χ3v) is 5.77. The first-order valence-corrected chi connectivity index (χ1v) is 11.7. The first-order chi connectivity index (χ1) is 19.3. The predicted molar refractivity (Wildman–Crippen MR) is 142 cm³/mol. The lowest BCUT2D eigenvalue weighted by atomic mass is 10.0. The molecule has 0 spiro atoms. The minimum absolute atomic E-state index is 0.0664. The topological polar surface area (TPSA) is 176 Å². The first kappa shape index (κ1) is 28.6. The highest BCUT2D eigenvalue weighted by Crippen LogP contribution is 2.36. The number of anilines is 1. The van der Waals surface area contributed by atoms with Gasteiger partial charge in [-0.25, -0.2) is 15.2 Å². The smallest absolute Gasteiger partial charge is 0.350 e. The molecule has 0 fully saturated rings. The molecule has 0 unspecified atom stereocenters. The van der Waals surface area contributed by atoms with Gasteiger partial charge in [-0.2, -0.15) is 18.3 Å². The van der Waals surface area contributed by atoms with Crippen molar-refractivity contribution in [2.75, 3.05) is 5.32 Å². The van der Waals surface area contributed by atoms with Crippen LogP contribution in [0.1, 0.15) is 27.2 Å². The third-order valence-electron chi connectivity index (χ3n) is 5.44. The fourth-order valence-electron chi connectivity index (χ4n) is 3.58. The van der Waals surface area contributed by atoms with Gasteiger partial charge in [0.2, 0.25) is 0 Å². The lowest BCUT2D eigenvalue weighted by Gasteiger charge is -2.12. The average molecular weight is 585 g/mol. The molecule has 0 saturated heterocycles. The molecule has 5 N–H and O–H groups in total. The maximum Gasteiger partial charge on any atom is 0.417 e. The van der Waals surface area contributed by atoms with E-state index in [1.54, 1.807) is 35.8 Å². The van der Waals surface area contributed by atoms with Gasteiger partial charge in [-0.1, -0.05) is 41.9 Å². The van der Waals surface area contributed by atoms with Crippen LogP contribution >= 0.6 is 11.6 Å². The zero-order valence-electron chi connectivity index (χ0n) is 20.4. The van der Waals surface area contributed by atoms with Crippen LogP contribution in [0, 0.1) is 0 Å². The van der Waals surface area contributed by atoms with Gasteiger partial charge in [-0.15, -0.1) is 0 Å². The number of ketones is 2. The molecule has 0 aliphatic heterocycles. The van der Waals surface area contributed by atoms with Gasteiger partial charge in [0.1, 0.15) is 0 Å². The molecular weight excluding hydrogens is 569 g/mol. The van der Waals surface area contributed by atoms with E-state index >= 15 is 0 Å². The standard InChI is InChI=1S/C26H16ClF3N6O5/c27-16-8-7-14(11-15(16)26(28,29)30)32-24(40)22(38)19(35-36-25(31)41)20-23(39)34-18-10-13(6-9-17(18)33-20)21(37)12-4-2-1-3-5-12/h1-11H,(H,32,40)(H,34,39)(H3,31,36,41)/b35-19+. The Bertz CT molecular complexity index is 1810. The number of carbonyl (C=O) groups excluding carboxylic acids is 4. The number of H-pyrrole nitrogens is 1. The van der Waals surface area contributed by atoms with E-state index in [-0.39, 0.29) is 22.4 Å². The van der Waals surface area contributed by atoms with Crippen molar-refractivity contribution in [1.29, 1.82) is 0 Å². The van der Waals surface area contributed by atoms with Crippen molar-refractivity contribution in [2.24, 2.45) is 10.8 Å². The molecule has 3 aromatic carbocycles. The van der Waals surface area contributed by atoms with Crippen molar-refractivity contribution < 1.29 is 32.3 Å². The summed E-state index contributed by atoms with van der Waals surface area (Å²) in [6.07, 6.45) is -4.85. The number of urea groups is 1. The molecule has 4 rings (SSSR count). The number of Topliss-reactive ketones (excluding diaryl/α,β-unsaturated/α-hetero) is 1. The number of amides is 3. The average Bonchev–Trinajstić information content (AvgIpc) is 2.93. The van der Waals surface area contributed by atoms with Crippen molar-refractivity contribution >= 4 is 57.5 Å². The van der Waals surface area contributed by atoms with E-state index in [0.29, 0.717) is 11.6 Å². The van der Waals surface area contributed by atoms with E-state index in [9.17, 15) is 37.1 Å². The SMILES string of the molecule is NC(=O)N/N=C(/C(=O)C(=O)Nc1ccc(Cl)c(C(F)(F)F)c1)c1nc2ccc(C(=O)c3ccccc3)cc2[nH]c1=O. The number of nitrogens with zero attached hydrogens (tertiary/aromatic N) is 2. The van der Waals surface area contributed by atoms with Gasteiger partial charge in [-0.3, -0.25) is 19.2 Å². The molecule has 208 valence electrons. The number of aromatic nitrogens is 2. The number of halogens is 4. The molecule has 0 radical (unpaired) electrons. The van der Waals surface area contributed by atoms with Crippen LogP contribution in [-0.4, -0.2) is 39.2 Å². The number of fused-ring (bicyclic) bond motifs is 1. The van der Waals surface area contributed by atoms with Gasteiger partial charge in [0, 0.05) is 16.8 Å². The second-order valence-corrected chi connectivity index (χ2v) is 8.66. The number of hydrogen-bond acceptors (Lipinski definition) is 7. The summed E-state index contributed by atoms with van der Waals surface area (Å²) < 4.78 is 39.5. The van der Waals surface area contributed by atoms with E-state index in [4.69, 9.17) is 17.3 Å². The number of carbonyl (C=O) groups is 4. The summed E-state index contributed by atoms with van der Waals surface area (Å²) in [5, 5.41) is 4.74. The highest BCUT2D eigenvalue weighted by Gasteiger charge is 2.34. The molecule has 1 heterocycles. The molecule has 0 aliphatic carbocycles. The van der Waals surface area contributed by atoms with E-state index in [0.717, 1.165) is 12.1 Å². The molecule has 1 aromatic heterocycles. The van der Waals surface area contributed by atoms with Gasteiger partial charge in [0.25, 0.3) is 17.2 Å². The van der Waals surface area contributed by atoms with Crippen LogP contribution in [-0.2, 0) is 15.8 Å². The summed E-state index contributed by atoms with van der Waals surface area (Å²) in [5.41, 5.74) is 3.03. The van der Waals surface area contributed by atoms with Crippen LogP contribution in [0.15, 0.2) is 76.6 Å². The number of nitrogens with one attached hydrogen (secondary N) is 3. The van der Waals surface area contributed by atoms with E-state index in [1.165, 1.54) is 18.2 Å². The molecule has 0 saturated carbocycles. The van der Waals surface area contributed by atoms with E-state index in [2.05, 4.69) is 15.1 Å². The zero-order valence-corrected chi connectivity index (χ0v) is 21.1. The summed E-state index contributed by atoms with van der Waals surface area (Å²) in [4.78, 5) is 69.0. The van der Waals surface area contributed by atoms with Crippen molar-refractivity contribution in [2.45, 2.75) is 6.18 Å². The first-order valence-electron chi connectivity index (χ1n) is 11.3. The lowest BCUT2D eigenvalue weighted by molar-refractivity contribution is -0.137. The quantitative estimate of drug-likeness (QED) is 0.112. The Labute approximate surface area is 232 Å². The van der Waals surface area contributed by atoms with Crippen molar-refractivity contribution in [3.8, 4) is 0 Å². The number of benzene rings is 3. The van der Waals surface area contributed by atoms with E-state index in [1.807, 2.05) is 5.32 Å². The van der Waals surface area contributed by atoms with Crippen LogP contribution in [0.2, 0.25) is 5.02 Å². The highest BCUT2D eigenvalue weighted by molar-refractivity contribution is 6.69. The van der Waals surface area contributed by atoms with Crippen molar-refractivity contribution in [3.05, 3.63) is 104 Å². The Balaban J connectivity index is 1.69. The summed E-state index contributed by atoms with van der Waals surface area (Å²) in [7, 11) is 0. The number of rotatable bonds is 7. The van der Waals surface area contributed by atoms with Crippen LogP contribution in [0.25, 0.3) is 11.0 Å². The summed E-state index contributed by atoms with van der Waals surface area (Å²) in [5.74, 6) is -3.40. The second kappa shape index (κ2) is 11.4. The normalized spacial score (nSPS) is 11.7. The molecule has 11 nitrogen and oxygen atoms in total. The van der Waals surface area contributed by atoms with Crippen LogP contribution in [0.4, 0.5) is 23.7 Å². The highest BCUT2D eigenvalue weighted by atomic mass is 35.5. The van der Waals surface area contributed by atoms with Gasteiger partial charge in [-0.05, 0) is 36.4 Å². The van der Waals surface area contributed by atoms with Crippen LogP contribution in [0.5, 0.6) is 0 Å². The van der Waals surface area contributed by atoms with Crippen molar-refractivity contribution in [1.82, 2.24) is 15.4 Å². The maximum atomic E-state index is 13.2. The Kier molecular flexibility index (Phi) is 7.96. The fourth-order valence-corrected chi connectivity index (χ4v) is 3.81. The molecular formula is C26H16ClF3N6O5. The third kappa shape index (κ3) is 6.45. The number of hydrogen-bond donors (Lipinski definition) is 4. The molecule has 3 amide bonds. The number of hydrazone groups is 1. The monoisotopic (exact) mass is 584 g/mol. The minimum Gasteiger partial charge on any atom is -0.350 e. The maximum absolute atomic E-state index is 13.2. The Morgan fingerprint density at radius 1 is 0.951 bits per heavy atom. The molecule has 41 heavy (non-hydrogen) atoms. The van der Waals surface area contributed by atoms with Crippen LogP contribution in [0.3, 0.4) is 0 Å². The number of aromatic amines is 1. The van der Waals surface area contributed by atoms with Gasteiger partial charge in [0.05, 0.1) is 21.6 Å². The van der Waals surface area contributed by atoms with Gasteiger partial charge < -0.3 is 16.0 Å². The number of alkyl halides is 3. The zero-order chi connectivity index (χ0) is 29.9. The van der Waals surface area contributed by atoms with Gasteiger partial charge >= 0.3 is 12.2 Å². The second-order valence-electron chi connectivity index (χ2n) is 8.25. The summed E-state index contributed by atoms with van der Waals surface area (Å²) in [6.45, 7) is 0. The molecule has 0 aliphatic rings.